The molecule has 0 amide bonds. The fourth-order valence-electron chi connectivity index (χ4n) is 1.34. The molecule has 2 rings (SSSR count). The molecule has 0 fully saturated rings. The van der Waals surface area contributed by atoms with Crippen LogP contribution in [-0.2, 0) is 0 Å². The first-order chi connectivity index (χ1) is 6.92. The molecule has 0 aliphatic heterocycles. The first kappa shape index (κ1) is 8.75. The molecule has 0 atom stereocenters. The van der Waals surface area contributed by atoms with Gasteiger partial charge in [-0.2, -0.15) is 0 Å². The Labute approximate surface area is 83.2 Å². The fourth-order valence-corrected chi connectivity index (χ4v) is 1.34. The highest BCUT2D eigenvalue weighted by Gasteiger charge is 2.03. The van der Waals surface area contributed by atoms with Crippen molar-refractivity contribution in [2.75, 3.05) is 7.11 Å². The number of ether oxygens (including phenoxy) is 1. The van der Waals surface area contributed by atoms with Crippen molar-refractivity contribution in [1.29, 1.82) is 0 Å². The van der Waals surface area contributed by atoms with Gasteiger partial charge in [0.15, 0.2) is 0 Å². The average molecular weight is 184 g/mol. The van der Waals surface area contributed by atoms with E-state index in [1.807, 2.05) is 36.4 Å². The zero-order chi connectivity index (χ0) is 9.80. The van der Waals surface area contributed by atoms with Crippen molar-refractivity contribution < 1.29 is 4.74 Å². The van der Waals surface area contributed by atoms with Crippen LogP contribution in [0.25, 0.3) is 11.3 Å². The summed E-state index contributed by atoms with van der Waals surface area (Å²) in [5.41, 5.74) is 1.91. The van der Waals surface area contributed by atoms with Crippen molar-refractivity contribution in [3.8, 4) is 17.0 Å². The van der Waals surface area contributed by atoms with Gasteiger partial charge in [0.25, 0.3) is 0 Å². The predicted octanol–water partition coefficient (Wildman–Crippen LogP) is 2.56. The van der Waals surface area contributed by atoms with E-state index in [-0.39, 0.29) is 0 Å². The smallest absolute Gasteiger partial charge is 0.128 e. The van der Waals surface area contributed by atoms with Gasteiger partial charge in [-0.1, -0.05) is 18.2 Å². The molecular weight excluding hydrogens is 174 g/mol. The van der Waals surface area contributed by atoms with Gasteiger partial charge in [-0.25, -0.2) is 0 Å². The lowest BCUT2D eigenvalue weighted by atomic mass is 10.1. The Morgan fingerprint density at radius 3 is 2.79 bits per heavy atom. The van der Waals surface area contributed by atoms with Crippen LogP contribution in [0.5, 0.6) is 5.75 Å². The Morgan fingerprint density at radius 2 is 2.07 bits per heavy atom. The van der Waals surface area contributed by atoms with Crippen LogP contribution >= 0.6 is 0 Å². The van der Waals surface area contributed by atoms with Crippen molar-refractivity contribution in [2.45, 2.75) is 0 Å². The summed E-state index contributed by atoms with van der Waals surface area (Å²) in [6.45, 7) is 0. The maximum Gasteiger partial charge on any atom is 0.128 e. The number of benzene rings is 1. The number of para-hydroxylation sites is 1. The Bertz CT molecular complexity index is 412. The van der Waals surface area contributed by atoms with Gasteiger partial charge in [-0.3, -0.25) is 4.98 Å². The van der Waals surface area contributed by atoms with Gasteiger partial charge in [0.1, 0.15) is 5.75 Å². The van der Waals surface area contributed by atoms with Gasteiger partial charge in [0.05, 0.1) is 12.8 Å². The summed E-state index contributed by atoms with van der Waals surface area (Å²) >= 11 is 0. The van der Waals surface area contributed by atoms with Gasteiger partial charge >= 0.3 is 0 Å². The van der Waals surface area contributed by atoms with Crippen molar-refractivity contribution >= 4 is 0 Å². The van der Waals surface area contributed by atoms with E-state index in [1.165, 1.54) is 0 Å². The second-order valence-corrected chi connectivity index (χ2v) is 2.84. The molecule has 69 valence electrons. The molecule has 2 heteroatoms. The zero-order valence-electron chi connectivity index (χ0n) is 7.90. The molecule has 2 aromatic rings. The van der Waals surface area contributed by atoms with Crippen LogP contribution in [0, 0.1) is 6.07 Å². The molecule has 0 aliphatic carbocycles. The third-order valence-corrected chi connectivity index (χ3v) is 2.00. The van der Waals surface area contributed by atoms with Gasteiger partial charge in [-0.05, 0) is 18.2 Å². The molecule has 0 bridgehead atoms. The quantitative estimate of drug-likeness (QED) is 0.715. The molecular formula is C12H10NO. The summed E-state index contributed by atoms with van der Waals surface area (Å²) in [7, 11) is 1.66. The molecule has 0 unspecified atom stereocenters. The minimum atomic E-state index is 0.839. The summed E-state index contributed by atoms with van der Waals surface area (Å²) in [6, 6.07) is 14.5. The first-order valence-corrected chi connectivity index (χ1v) is 4.37. The normalized spacial score (nSPS) is 9.79. The number of nitrogens with zero attached hydrogens (tertiary/aromatic N) is 1. The maximum atomic E-state index is 5.25. The highest BCUT2D eigenvalue weighted by Crippen LogP contribution is 2.27. The SMILES string of the molecule is COc1ccccc1-c1cc[c]cn1. The van der Waals surface area contributed by atoms with Crippen LogP contribution < -0.4 is 4.74 Å². The average Bonchev–Trinajstić information content (AvgIpc) is 2.30. The van der Waals surface area contributed by atoms with E-state index in [9.17, 15) is 0 Å². The summed E-state index contributed by atoms with van der Waals surface area (Å²) < 4.78 is 5.25. The van der Waals surface area contributed by atoms with E-state index in [0.717, 1.165) is 17.0 Å². The number of hydrogen-bond acceptors (Lipinski definition) is 2. The van der Waals surface area contributed by atoms with Gasteiger partial charge in [-0.15, -0.1) is 0 Å². The van der Waals surface area contributed by atoms with Crippen molar-refractivity contribution in [3.05, 3.63) is 48.7 Å². The van der Waals surface area contributed by atoms with Gasteiger partial charge in [0.2, 0.25) is 0 Å². The first-order valence-electron chi connectivity index (χ1n) is 4.37. The summed E-state index contributed by atoms with van der Waals surface area (Å²) in [5, 5.41) is 0. The van der Waals surface area contributed by atoms with Crippen molar-refractivity contribution in [3.63, 3.8) is 0 Å². The zero-order valence-corrected chi connectivity index (χ0v) is 7.90. The highest BCUT2D eigenvalue weighted by molar-refractivity contribution is 5.66. The number of pyridine rings is 1. The minimum absolute atomic E-state index is 0.839. The Balaban J connectivity index is 2.51. The molecule has 0 N–H and O–H groups in total. The number of rotatable bonds is 2. The van der Waals surface area contributed by atoms with E-state index in [4.69, 9.17) is 4.74 Å². The van der Waals surface area contributed by atoms with E-state index in [0.29, 0.717) is 0 Å². The standard InChI is InChI=1S/C12H10NO/c1-14-12-8-3-2-6-10(12)11-7-4-5-9-13-11/h2-4,6-9H,1H3. The van der Waals surface area contributed by atoms with Crippen LogP contribution in [0.3, 0.4) is 0 Å². The maximum absolute atomic E-state index is 5.25. The van der Waals surface area contributed by atoms with E-state index < -0.39 is 0 Å². The monoisotopic (exact) mass is 184 g/mol. The van der Waals surface area contributed by atoms with E-state index >= 15 is 0 Å². The number of hydrogen-bond donors (Lipinski definition) is 0. The van der Waals surface area contributed by atoms with Crippen LogP contribution in [-0.4, -0.2) is 12.1 Å². The second-order valence-electron chi connectivity index (χ2n) is 2.84. The molecule has 1 radical (unpaired) electrons. The van der Waals surface area contributed by atoms with Crippen LogP contribution in [0.2, 0.25) is 0 Å². The van der Waals surface area contributed by atoms with Crippen molar-refractivity contribution in [1.82, 2.24) is 4.98 Å². The molecule has 1 aromatic carbocycles. The molecule has 0 saturated carbocycles. The third-order valence-electron chi connectivity index (χ3n) is 2.00. The molecule has 1 heterocycles. The number of aromatic nitrogens is 1. The molecule has 0 spiro atoms. The minimum Gasteiger partial charge on any atom is -0.496 e. The largest absolute Gasteiger partial charge is 0.496 e. The molecule has 14 heavy (non-hydrogen) atoms. The fraction of sp³-hybridized carbons (Fsp3) is 0.0833. The van der Waals surface area contributed by atoms with E-state index in [2.05, 4.69) is 11.1 Å². The van der Waals surface area contributed by atoms with Crippen LogP contribution in [0.1, 0.15) is 0 Å². The second kappa shape index (κ2) is 3.92. The lowest BCUT2D eigenvalue weighted by Gasteiger charge is -2.06. The lowest BCUT2D eigenvalue weighted by Crippen LogP contribution is -1.88. The predicted molar refractivity (Wildman–Crippen MR) is 55.1 cm³/mol. The van der Waals surface area contributed by atoms with Gasteiger partial charge in [0, 0.05) is 17.8 Å². The van der Waals surface area contributed by atoms with Crippen LogP contribution in [0.4, 0.5) is 0 Å². The Hall–Kier alpha value is -1.83. The summed E-state index contributed by atoms with van der Waals surface area (Å²) in [6.07, 6.45) is 1.65. The molecule has 2 nitrogen and oxygen atoms in total. The number of methoxy groups -OCH3 is 1. The van der Waals surface area contributed by atoms with Crippen molar-refractivity contribution in [2.24, 2.45) is 0 Å². The highest BCUT2D eigenvalue weighted by atomic mass is 16.5. The summed E-state index contributed by atoms with van der Waals surface area (Å²) in [4.78, 5) is 4.22. The van der Waals surface area contributed by atoms with Crippen LogP contribution in [0.15, 0.2) is 42.6 Å². The molecule has 1 aromatic heterocycles. The summed E-state index contributed by atoms with van der Waals surface area (Å²) in [5.74, 6) is 0.839. The van der Waals surface area contributed by atoms with Gasteiger partial charge < -0.3 is 4.74 Å². The molecule has 0 saturated heterocycles. The molecule has 0 aliphatic rings. The lowest BCUT2D eigenvalue weighted by molar-refractivity contribution is 0.416. The Morgan fingerprint density at radius 1 is 1.21 bits per heavy atom. The topological polar surface area (TPSA) is 22.1 Å². The third kappa shape index (κ3) is 1.59. The Kier molecular flexibility index (Phi) is 2.45. The van der Waals surface area contributed by atoms with E-state index in [1.54, 1.807) is 13.3 Å².